The molecule has 15 heteroatoms. The number of nitrogens with one attached hydrogen (secondary N) is 2. The third-order valence-corrected chi connectivity index (χ3v) is 10.1. The van der Waals surface area contributed by atoms with Gasteiger partial charge in [-0.15, -0.1) is 0 Å². The van der Waals surface area contributed by atoms with Crippen LogP contribution >= 0.6 is 0 Å². The predicted octanol–water partition coefficient (Wildman–Crippen LogP) is 2.54. The van der Waals surface area contributed by atoms with Gasteiger partial charge in [0.05, 0.1) is 0 Å². The molecule has 0 aliphatic heterocycles. The SMILES string of the molecule is COc1ccc([Se]c2ccc(OC)c(NC(=O)CN)c2-c2cc(OC)c(OC)c(OC)c2)c(-c2cc(OC)c(OC)c(OC)c2)c1NC(=O)CN. The Morgan fingerprint density at radius 1 is 0.510 bits per heavy atom. The average molecular weight is 770 g/mol. The number of rotatable bonds is 16. The molecular weight excluding hydrogens is 727 g/mol. The Bertz CT molecular complexity index is 1720. The van der Waals surface area contributed by atoms with Crippen LogP contribution in [-0.4, -0.2) is 96.7 Å². The van der Waals surface area contributed by atoms with Crippen molar-refractivity contribution in [3.05, 3.63) is 48.5 Å². The Balaban J connectivity index is 2.13. The Morgan fingerprint density at radius 2 is 0.824 bits per heavy atom. The van der Waals surface area contributed by atoms with Gasteiger partial charge in [-0.2, -0.15) is 0 Å². The molecular formula is C36H42N4O10Se. The van der Waals surface area contributed by atoms with Gasteiger partial charge < -0.3 is 0 Å². The van der Waals surface area contributed by atoms with Crippen LogP contribution in [0.3, 0.4) is 0 Å². The normalized spacial score (nSPS) is 10.5. The van der Waals surface area contributed by atoms with Crippen LogP contribution in [0.25, 0.3) is 22.3 Å². The van der Waals surface area contributed by atoms with Crippen molar-refractivity contribution in [2.24, 2.45) is 11.5 Å². The summed E-state index contributed by atoms with van der Waals surface area (Å²) in [5.41, 5.74) is 14.8. The standard InChI is InChI=1S/C36H42N4O10Se/c1-43-21-9-11-27(31(33(21)39-29(41)17-37)19-13-23(45-3)35(49-7)24(14-19)46-4)51-28-12-10-22(44-2)34(40-30(42)18-38)32(28)20-15-25(47-5)36(50-8)26(16-20)48-6/h9-16H,17-18,37-38H2,1-8H3,(H,39,41)(H,40,42). The summed E-state index contributed by atoms with van der Waals surface area (Å²) < 4.78 is 47.0. The molecule has 0 saturated heterocycles. The zero-order chi connectivity index (χ0) is 37.2. The number of methoxy groups -OCH3 is 8. The number of carbonyl (C=O) groups is 2. The van der Waals surface area contributed by atoms with Crippen LogP contribution in [0, 0.1) is 0 Å². The number of hydrogen-bond donors (Lipinski definition) is 4. The predicted molar refractivity (Wildman–Crippen MR) is 197 cm³/mol. The Kier molecular flexibility index (Phi) is 13.2. The van der Waals surface area contributed by atoms with Gasteiger partial charge in [-0.1, -0.05) is 0 Å². The third-order valence-electron chi connectivity index (χ3n) is 7.72. The van der Waals surface area contributed by atoms with Crippen molar-refractivity contribution in [2.75, 3.05) is 80.6 Å². The molecule has 0 heterocycles. The molecule has 4 aromatic carbocycles. The molecule has 4 rings (SSSR count). The summed E-state index contributed by atoms with van der Waals surface area (Å²) in [5, 5.41) is 5.86. The molecule has 0 fully saturated rings. The van der Waals surface area contributed by atoms with Crippen LogP contribution in [0.5, 0.6) is 46.0 Å². The second kappa shape index (κ2) is 17.5. The van der Waals surface area contributed by atoms with Gasteiger partial charge >= 0.3 is 303 Å². The molecule has 272 valence electrons. The summed E-state index contributed by atoms with van der Waals surface area (Å²) in [5.74, 6) is 2.33. The molecule has 0 unspecified atom stereocenters. The molecule has 0 bridgehead atoms. The van der Waals surface area contributed by atoms with Crippen LogP contribution in [0.4, 0.5) is 11.4 Å². The molecule has 0 aliphatic carbocycles. The van der Waals surface area contributed by atoms with Gasteiger partial charge in [0.25, 0.3) is 0 Å². The number of amides is 2. The maximum atomic E-state index is 12.9. The van der Waals surface area contributed by atoms with E-state index in [0.717, 1.165) is 8.92 Å². The summed E-state index contributed by atoms with van der Waals surface area (Å²) in [6, 6.07) is 14.5. The van der Waals surface area contributed by atoms with E-state index in [0.29, 0.717) is 79.6 Å². The molecule has 0 saturated carbocycles. The topological polar surface area (TPSA) is 184 Å². The Labute approximate surface area is 302 Å². The van der Waals surface area contributed by atoms with E-state index >= 15 is 0 Å². The van der Waals surface area contributed by atoms with Gasteiger partial charge in [-0.25, -0.2) is 0 Å². The Hall–Kier alpha value is -5.34. The van der Waals surface area contributed by atoms with Gasteiger partial charge in [0, 0.05) is 0 Å². The second-order valence-corrected chi connectivity index (χ2v) is 12.7. The first-order valence-electron chi connectivity index (χ1n) is 15.4. The fraction of sp³-hybridized carbons (Fsp3) is 0.278. The molecule has 0 radical (unpaired) electrons. The first kappa shape index (κ1) is 38.5. The Morgan fingerprint density at radius 3 is 1.08 bits per heavy atom. The van der Waals surface area contributed by atoms with E-state index in [2.05, 4.69) is 10.6 Å². The van der Waals surface area contributed by atoms with E-state index in [1.807, 2.05) is 12.1 Å². The van der Waals surface area contributed by atoms with Gasteiger partial charge in [0.1, 0.15) is 0 Å². The fourth-order valence-electron chi connectivity index (χ4n) is 5.41. The van der Waals surface area contributed by atoms with Crippen molar-refractivity contribution < 1.29 is 47.5 Å². The van der Waals surface area contributed by atoms with Crippen molar-refractivity contribution in [2.45, 2.75) is 0 Å². The number of hydrogen-bond acceptors (Lipinski definition) is 12. The number of benzene rings is 4. The van der Waals surface area contributed by atoms with Crippen molar-refractivity contribution in [3.8, 4) is 68.2 Å². The summed E-state index contributed by atoms with van der Waals surface area (Å²) in [7, 11) is 12.1. The summed E-state index contributed by atoms with van der Waals surface area (Å²) in [6.07, 6.45) is 0. The van der Waals surface area contributed by atoms with Crippen LogP contribution in [0.2, 0.25) is 0 Å². The maximum absolute atomic E-state index is 12.9. The molecule has 0 aliphatic rings. The van der Waals surface area contributed by atoms with Crippen LogP contribution in [0.15, 0.2) is 48.5 Å². The molecule has 6 N–H and O–H groups in total. The molecule has 0 spiro atoms. The zero-order valence-corrected chi connectivity index (χ0v) is 31.4. The average Bonchev–Trinajstić information content (AvgIpc) is 3.16. The minimum absolute atomic E-state index is 0.263. The monoisotopic (exact) mass is 770 g/mol. The van der Waals surface area contributed by atoms with E-state index in [9.17, 15) is 9.59 Å². The van der Waals surface area contributed by atoms with E-state index in [1.165, 1.54) is 56.9 Å². The first-order valence-corrected chi connectivity index (χ1v) is 17.1. The van der Waals surface area contributed by atoms with E-state index < -0.39 is 26.8 Å². The molecule has 14 nitrogen and oxygen atoms in total. The van der Waals surface area contributed by atoms with Crippen LogP contribution in [-0.2, 0) is 9.59 Å². The van der Waals surface area contributed by atoms with E-state index in [-0.39, 0.29) is 13.1 Å². The number of ether oxygens (including phenoxy) is 8. The number of carbonyl (C=O) groups excluding carboxylic acids is 2. The van der Waals surface area contributed by atoms with Crippen LogP contribution < -0.4 is 68.9 Å². The van der Waals surface area contributed by atoms with Crippen LogP contribution in [0.1, 0.15) is 0 Å². The van der Waals surface area contributed by atoms with Crippen molar-refractivity contribution in [1.82, 2.24) is 0 Å². The van der Waals surface area contributed by atoms with Gasteiger partial charge in [-0.3, -0.25) is 0 Å². The van der Waals surface area contributed by atoms with Gasteiger partial charge in [-0.05, 0) is 0 Å². The van der Waals surface area contributed by atoms with E-state index in [4.69, 9.17) is 49.4 Å². The quantitative estimate of drug-likeness (QED) is 0.122. The molecule has 0 atom stereocenters. The number of anilines is 2. The molecule has 4 aromatic rings. The zero-order valence-electron chi connectivity index (χ0n) is 29.7. The van der Waals surface area contributed by atoms with Gasteiger partial charge in [0.2, 0.25) is 0 Å². The van der Waals surface area contributed by atoms with Crippen molar-refractivity contribution in [3.63, 3.8) is 0 Å². The summed E-state index contributed by atoms with van der Waals surface area (Å²) in [4.78, 5) is 25.7. The third kappa shape index (κ3) is 8.02. The minimum atomic E-state index is -0.561. The molecule has 51 heavy (non-hydrogen) atoms. The van der Waals surface area contributed by atoms with Crippen molar-refractivity contribution in [1.29, 1.82) is 0 Å². The van der Waals surface area contributed by atoms with Gasteiger partial charge in [0.15, 0.2) is 0 Å². The number of nitrogens with two attached hydrogens (primary N) is 2. The van der Waals surface area contributed by atoms with E-state index in [1.54, 1.807) is 36.4 Å². The summed E-state index contributed by atoms with van der Waals surface area (Å²) in [6.45, 7) is -0.525. The molecule has 2 amide bonds. The van der Waals surface area contributed by atoms with Crippen molar-refractivity contribution >= 4 is 47.1 Å². The summed E-state index contributed by atoms with van der Waals surface area (Å²) >= 11 is -0.561. The molecule has 0 aromatic heterocycles. The second-order valence-electron chi connectivity index (χ2n) is 10.5. The fourth-order valence-corrected chi connectivity index (χ4v) is 7.83. The first-order chi connectivity index (χ1) is 24.7.